The predicted octanol–water partition coefficient (Wildman–Crippen LogP) is 2.28. The van der Waals surface area contributed by atoms with Gasteiger partial charge in [0.25, 0.3) is 0 Å². The summed E-state index contributed by atoms with van der Waals surface area (Å²) in [5.74, 6) is 1.50. The normalized spacial score (nSPS) is 10.3. The Hall–Kier alpha value is -2.14. The zero-order valence-corrected chi connectivity index (χ0v) is 11.9. The Balaban J connectivity index is 2.35. The Kier molecular flexibility index (Phi) is 4.90. The van der Waals surface area contributed by atoms with Crippen LogP contribution in [0.2, 0.25) is 0 Å². The Morgan fingerprint density at radius 2 is 2.15 bits per heavy atom. The number of nitrogens with two attached hydrogens (primary N) is 1. The van der Waals surface area contributed by atoms with Crippen LogP contribution in [-0.4, -0.2) is 30.2 Å². The molecule has 1 aromatic heterocycles. The quantitative estimate of drug-likeness (QED) is 0.874. The fraction of sp³-hybridized carbons (Fsp3) is 0.333. The molecule has 0 bridgehead atoms. The summed E-state index contributed by atoms with van der Waals surface area (Å²) < 4.78 is 5.28. The number of benzene rings is 1. The molecular formula is C15H20N4O. The molecule has 0 aliphatic carbocycles. The Morgan fingerprint density at radius 3 is 2.85 bits per heavy atom. The number of nitrogens with zero attached hydrogens (tertiary/aromatic N) is 3. The molecule has 1 heterocycles. The van der Waals surface area contributed by atoms with Crippen LogP contribution < -0.4 is 15.4 Å². The average molecular weight is 272 g/mol. The Morgan fingerprint density at radius 1 is 1.30 bits per heavy atom. The zero-order chi connectivity index (χ0) is 14.4. The van der Waals surface area contributed by atoms with Crippen molar-refractivity contribution in [3.8, 4) is 5.75 Å². The largest absolute Gasteiger partial charge is 0.497 e. The summed E-state index contributed by atoms with van der Waals surface area (Å²) in [5.41, 5.74) is 7.57. The maximum atomic E-state index is 5.63. The van der Waals surface area contributed by atoms with Gasteiger partial charge in [-0.2, -0.15) is 0 Å². The van der Waals surface area contributed by atoms with Gasteiger partial charge in [0.2, 0.25) is 5.95 Å². The molecule has 0 unspecified atom stereocenters. The smallest absolute Gasteiger partial charge is 0.230 e. The Bertz CT molecular complexity index is 559. The first-order chi connectivity index (χ1) is 9.74. The molecule has 2 N–H and O–H groups in total. The van der Waals surface area contributed by atoms with Crippen molar-refractivity contribution in [1.29, 1.82) is 0 Å². The van der Waals surface area contributed by atoms with E-state index in [-0.39, 0.29) is 0 Å². The third-order valence-electron chi connectivity index (χ3n) is 2.97. The maximum absolute atomic E-state index is 5.63. The van der Waals surface area contributed by atoms with Crippen molar-refractivity contribution in [3.05, 3.63) is 42.2 Å². The summed E-state index contributed by atoms with van der Waals surface area (Å²) in [6.07, 6.45) is 2.64. The van der Waals surface area contributed by atoms with E-state index in [0.717, 1.165) is 30.1 Å². The number of hydrogen-bond donors (Lipinski definition) is 1. The van der Waals surface area contributed by atoms with E-state index in [1.165, 1.54) is 0 Å². The van der Waals surface area contributed by atoms with E-state index in [1.807, 2.05) is 37.3 Å². The molecule has 0 amide bonds. The molecule has 0 aliphatic rings. The minimum absolute atomic E-state index is 0.631. The number of ether oxygens (including phenoxy) is 1. The molecule has 0 saturated heterocycles. The summed E-state index contributed by atoms with van der Waals surface area (Å²) in [7, 11) is 1.66. The molecular weight excluding hydrogens is 252 g/mol. The van der Waals surface area contributed by atoms with Crippen molar-refractivity contribution in [1.82, 2.24) is 9.97 Å². The van der Waals surface area contributed by atoms with Crippen LogP contribution >= 0.6 is 0 Å². The van der Waals surface area contributed by atoms with Gasteiger partial charge in [-0.15, -0.1) is 0 Å². The van der Waals surface area contributed by atoms with E-state index in [2.05, 4.69) is 14.9 Å². The number of aryl methyl sites for hydroxylation is 1. The van der Waals surface area contributed by atoms with Crippen molar-refractivity contribution in [3.63, 3.8) is 0 Å². The van der Waals surface area contributed by atoms with Gasteiger partial charge in [0.05, 0.1) is 7.11 Å². The summed E-state index contributed by atoms with van der Waals surface area (Å²) in [6, 6.07) is 9.75. The van der Waals surface area contributed by atoms with E-state index in [0.29, 0.717) is 12.5 Å². The molecule has 2 aromatic rings. The molecule has 5 heteroatoms. The van der Waals surface area contributed by atoms with Crippen LogP contribution in [0, 0.1) is 6.92 Å². The van der Waals surface area contributed by atoms with E-state index >= 15 is 0 Å². The van der Waals surface area contributed by atoms with E-state index < -0.39 is 0 Å². The molecule has 5 nitrogen and oxygen atoms in total. The van der Waals surface area contributed by atoms with Gasteiger partial charge < -0.3 is 15.4 Å². The SMILES string of the molecule is COc1cccc(N(CCCN)c2nccc(C)n2)c1. The number of methoxy groups -OCH3 is 1. The van der Waals surface area contributed by atoms with E-state index in [4.69, 9.17) is 10.5 Å². The van der Waals surface area contributed by atoms with Gasteiger partial charge in [-0.05, 0) is 38.1 Å². The van der Waals surface area contributed by atoms with Crippen molar-refractivity contribution in [2.45, 2.75) is 13.3 Å². The number of rotatable bonds is 6. The number of hydrogen-bond acceptors (Lipinski definition) is 5. The zero-order valence-electron chi connectivity index (χ0n) is 11.9. The second-order valence-corrected chi connectivity index (χ2v) is 4.49. The summed E-state index contributed by atoms with van der Waals surface area (Å²) in [5, 5.41) is 0. The first-order valence-corrected chi connectivity index (χ1v) is 6.66. The van der Waals surface area contributed by atoms with Crippen LogP contribution in [0.4, 0.5) is 11.6 Å². The van der Waals surface area contributed by atoms with Gasteiger partial charge >= 0.3 is 0 Å². The fourth-order valence-electron chi connectivity index (χ4n) is 1.94. The highest BCUT2D eigenvalue weighted by atomic mass is 16.5. The number of aromatic nitrogens is 2. The topological polar surface area (TPSA) is 64.3 Å². The number of anilines is 2. The molecule has 0 saturated carbocycles. The minimum Gasteiger partial charge on any atom is -0.497 e. The lowest BCUT2D eigenvalue weighted by Gasteiger charge is -2.23. The Labute approximate surface area is 119 Å². The minimum atomic E-state index is 0.631. The summed E-state index contributed by atoms with van der Waals surface area (Å²) in [6.45, 7) is 3.36. The van der Waals surface area contributed by atoms with Gasteiger partial charge in [0, 0.05) is 30.2 Å². The highest BCUT2D eigenvalue weighted by Gasteiger charge is 2.12. The molecule has 20 heavy (non-hydrogen) atoms. The van der Waals surface area contributed by atoms with Crippen LogP contribution in [0.5, 0.6) is 5.75 Å². The van der Waals surface area contributed by atoms with Crippen LogP contribution in [-0.2, 0) is 0 Å². The fourth-order valence-corrected chi connectivity index (χ4v) is 1.94. The van der Waals surface area contributed by atoms with Crippen LogP contribution in [0.15, 0.2) is 36.5 Å². The third kappa shape index (κ3) is 3.45. The molecule has 106 valence electrons. The van der Waals surface area contributed by atoms with Crippen molar-refractivity contribution in [2.24, 2.45) is 5.73 Å². The van der Waals surface area contributed by atoms with Gasteiger partial charge in [0.15, 0.2) is 0 Å². The van der Waals surface area contributed by atoms with Crippen LogP contribution in [0.25, 0.3) is 0 Å². The lowest BCUT2D eigenvalue weighted by atomic mass is 10.2. The van der Waals surface area contributed by atoms with Crippen LogP contribution in [0.1, 0.15) is 12.1 Å². The lowest BCUT2D eigenvalue weighted by Crippen LogP contribution is -2.23. The lowest BCUT2D eigenvalue weighted by molar-refractivity contribution is 0.415. The van der Waals surface area contributed by atoms with Gasteiger partial charge in [0.1, 0.15) is 5.75 Å². The first kappa shape index (κ1) is 14.3. The van der Waals surface area contributed by atoms with Gasteiger partial charge in [-0.25, -0.2) is 9.97 Å². The molecule has 1 aromatic carbocycles. The maximum Gasteiger partial charge on any atom is 0.230 e. The second-order valence-electron chi connectivity index (χ2n) is 4.49. The molecule has 0 radical (unpaired) electrons. The molecule has 0 spiro atoms. The standard InChI is InChI=1S/C15H20N4O/c1-12-7-9-17-15(18-12)19(10-4-8-16)13-5-3-6-14(11-13)20-2/h3,5-7,9,11H,4,8,10,16H2,1-2H3. The average Bonchev–Trinajstić information content (AvgIpc) is 2.48. The third-order valence-corrected chi connectivity index (χ3v) is 2.97. The predicted molar refractivity (Wildman–Crippen MR) is 80.4 cm³/mol. The second kappa shape index (κ2) is 6.86. The molecule has 0 fully saturated rings. The molecule has 2 rings (SSSR count). The first-order valence-electron chi connectivity index (χ1n) is 6.66. The van der Waals surface area contributed by atoms with Gasteiger partial charge in [-0.3, -0.25) is 0 Å². The molecule has 0 atom stereocenters. The van der Waals surface area contributed by atoms with Crippen molar-refractivity contribution < 1.29 is 4.74 Å². The highest BCUT2D eigenvalue weighted by molar-refractivity contribution is 5.59. The van der Waals surface area contributed by atoms with E-state index in [1.54, 1.807) is 13.3 Å². The van der Waals surface area contributed by atoms with Crippen molar-refractivity contribution in [2.75, 3.05) is 25.1 Å². The molecule has 0 aliphatic heterocycles. The summed E-state index contributed by atoms with van der Waals surface area (Å²) in [4.78, 5) is 10.9. The van der Waals surface area contributed by atoms with Crippen LogP contribution in [0.3, 0.4) is 0 Å². The highest BCUT2D eigenvalue weighted by Crippen LogP contribution is 2.26. The van der Waals surface area contributed by atoms with Crippen molar-refractivity contribution >= 4 is 11.6 Å². The monoisotopic (exact) mass is 272 g/mol. The van der Waals surface area contributed by atoms with E-state index in [9.17, 15) is 0 Å². The van der Waals surface area contributed by atoms with Gasteiger partial charge in [-0.1, -0.05) is 6.07 Å². The summed E-state index contributed by atoms with van der Waals surface area (Å²) >= 11 is 0.